The molecule has 0 amide bonds. The molecule has 1 aromatic carbocycles. The summed E-state index contributed by atoms with van der Waals surface area (Å²) in [5.41, 5.74) is 4.89. The molecule has 0 N–H and O–H groups in total. The molecule has 0 unspecified atom stereocenters. The minimum atomic E-state index is 0.132. The van der Waals surface area contributed by atoms with Gasteiger partial charge in [-0.05, 0) is 30.4 Å². The van der Waals surface area contributed by atoms with Gasteiger partial charge in [-0.15, -0.1) is 0 Å². The van der Waals surface area contributed by atoms with Gasteiger partial charge in [-0.3, -0.25) is 0 Å². The molecule has 1 heterocycles. The van der Waals surface area contributed by atoms with E-state index in [4.69, 9.17) is 9.97 Å². The maximum Gasteiger partial charge on any atom is 0.0890 e. The fraction of sp³-hybridized carbons (Fsp3) is 0.500. The molecule has 0 aliphatic heterocycles. The van der Waals surface area contributed by atoms with Crippen molar-refractivity contribution < 1.29 is 0 Å². The molecule has 3 atom stereocenters. The number of nitrogens with zero attached hydrogens (tertiary/aromatic N) is 2. The minimum Gasteiger partial charge on any atom is -0.249 e. The molecule has 0 spiro atoms. The lowest BCUT2D eigenvalue weighted by molar-refractivity contribution is 0.243. The fourth-order valence-corrected chi connectivity index (χ4v) is 6.38. The van der Waals surface area contributed by atoms with Gasteiger partial charge in [0.05, 0.1) is 22.4 Å². The third-order valence-corrected chi connectivity index (χ3v) is 7.73. The van der Waals surface area contributed by atoms with Gasteiger partial charge in [-0.2, -0.15) is 0 Å². The SMILES string of the molecule is C[C@]1(CBr)[C@H]2CC[C@]1(CBr)c1nc3ccccc3nc12. The van der Waals surface area contributed by atoms with Crippen molar-refractivity contribution in [2.24, 2.45) is 5.41 Å². The van der Waals surface area contributed by atoms with Crippen molar-refractivity contribution in [3.05, 3.63) is 35.7 Å². The van der Waals surface area contributed by atoms with Crippen LogP contribution in [0, 0.1) is 5.41 Å². The van der Waals surface area contributed by atoms with Crippen LogP contribution in [-0.4, -0.2) is 20.6 Å². The van der Waals surface area contributed by atoms with Crippen LogP contribution in [0.1, 0.15) is 37.1 Å². The Hall–Kier alpha value is -0.480. The summed E-state index contributed by atoms with van der Waals surface area (Å²) in [6, 6.07) is 8.23. The van der Waals surface area contributed by atoms with E-state index in [1.807, 2.05) is 12.1 Å². The topological polar surface area (TPSA) is 25.8 Å². The highest BCUT2D eigenvalue weighted by Gasteiger charge is 2.65. The summed E-state index contributed by atoms with van der Waals surface area (Å²) < 4.78 is 0. The highest BCUT2D eigenvalue weighted by atomic mass is 79.9. The number of rotatable bonds is 2. The van der Waals surface area contributed by atoms with Crippen LogP contribution in [0.3, 0.4) is 0 Å². The predicted molar refractivity (Wildman–Crippen MR) is 88.9 cm³/mol. The molecule has 0 radical (unpaired) electrons. The number of alkyl halides is 2. The first-order chi connectivity index (χ1) is 9.66. The van der Waals surface area contributed by atoms with E-state index in [1.54, 1.807) is 0 Å². The summed E-state index contributed by atoms with van der Waals surface area (Å²) in [5, 5.41) is 1.98. The zero-order valence-corrected chi connectivity index (χ0v) is 14.5. The smallest absolute Gasteiger partial charge is 0.0890 e. The highest BCUT2D eigenvalue weighted by molar-refractivity contribution is 9.09. The van der Waals surface area contributed by atoms with E-state index in [0.29, 0.717) is 5.92 Å². The van der Waals surface area contributed by atoms with Gasteiger partial charge in [-0.1, -0.05) is 50.9 Å². The molecule has 4 heteroatoms. The van der Waals surface area contributed by atoms with Crippen molar-refractivity contribution in [1.82, 2.24) is 9.97 Å². The molecule has 4 rings (SSSR count). The summed E-state index contributed by atoms with van der Waals surface area (Å²) in [4.78, 5) is 9.98. The van der Waals surface area contributed by atoms with Crippen molar-refractivity contribution in [3.8, 4) is 0 Å². The Morgan fingerprint density at radius 3 is 2.50 bits per heavy atom. The Balaban J connectivity index is 2.05. The molecule has 1 fully saturated rings. The summed E-state index contributed by atoms with van der Waals surface area (Å²) in [7, 11) is 0. The van der Waals surface area contributed by atoms with Crippen LogP contribution in [-0.2, 0) is 5.41 Å². The van der Waals surface area contributed by atoms with Crippen molar-refractivity contribution in [2.75, 3.05) is 10.7 Å². The Bertz CT molecular complexity index is 702. The van der Waals surface area contributed by atoms with Crippen molar-refractivity contribution in [2.45, 2.75) is 31.1 Å². The largest absolute Gasteiger partial charge is 0.249 e. The Morgan fingerprint density at radius 1 is 1.15 bits per heavy atom. The van der Waals surface area contributed by atoms with Crippen LogP contribution in [0.5, 0.6) is 0 Å². The summed E-state index contributed by atoms with van der Waals surface area (Å²) in [6.45, 7) is 2.40. The summed E-state index contributed by atoms with van der Waals surface area (Å²) in [6.07, 6.45) is 2.44. The second-order valence-electron chi connectivity index (χ2n) is 6.30. The van der Waals surface area contributed by atoms with Gasteiger partial charge in [0, 0.05) is 22.0 Å². The first-order valence-corrected chi connectivity index (χ1v) is 9.30. The van der Waals surface area contributed by atoms with E-state index in [1.165, 1.54) is 24.2 Å². The van der Waals surface area contributed by atoms with Crippen LogP contribution in [0.4, 0.5) is 0 Å². The molecule has 2 aliphatic carbocycles. The summed E-state index contributed by atoms with van der Waals surface area (Å²) in [5.74, 6) is 0.534. The predicted octanol–water partition coefficient (Wildman–Crippen LogP) is 4.55. The molecular weight excluding hydrogens is 380 g/mol. The van der Waals surface area contributed by atoms with Crippen LogP contribution < -0.4 is 0 Å². The van der Waals surface area contributed by atoms with E-state index < -0.39 is 0 Å². The quantitative estimate of drug-likeness (QED) is 0.696. The van der Waals surface area contributed by atoms with E-state index in [0.717, 1.165) is 21.7 Å². The van der Waals surface area contributed by atoms with E-state index >= 15 is 0 Å². The molecule has 2 bridgehead atoms. The van der Waals surface area contributed by atoms with Gasteiger partial charge in [0.15, 0.2) is 0 Å². The third kappa shape index (κ3) is 1.35. The average Bonchev–Trinajstić information content (AvgIpc) is 2.90. The molecule has 2 nitrogen and oxygen atoms in total. The number of para-hydroxylation sites is 2. The Labute approximate surface area is 135 Å². The lowest BCUT2D eigenvalue weighted by atomic mass is 9.70. The second-order valence-corrected chi connectivity index (χ2v) is 7.43. The third-order valence-electron chi connectivity index (χ3n) is 5.61. The standard InChI is InChI=1S/C16H16Br2N2/c1-15(8-17)10-6-7-16(15,9-18)14-13(10)19-11-4-2-3-5-12(11)20-14/h2-5,10H,6-9H2,1H3/t10-,15-,16-/m0/s1. The van der Waals surface area contributed by atoms with Crippen LogP contribution in [0.25, 0.3) is 11.0 Å². The number of benzene rings is 1. The number of fused-ring (bicyclic) bond motifs is 6. The average molecular weight is 396 g/mol. The van der Waals surface area contributed by atoms with Gasteiger partial charge in [0.25, 0.3) is 0 Å². The van der Waals surface area contributed by atoms with Crippen molar-refractivity contribution in [3.63, 3.8) is 0 Å². The normalized spacial score (nSPS) is 34.6. The number of halogens is 2. The molecule has 20 heavy (non-hydrogen) atoms. The fourth-order valence-electron chi connectivity index (χ4n) is 4.27. The van der Waals surface area contributed by atoms with E-state index in [2.05, 4.69) is 50.9 Å². The zero-order valence-electron chi connectivity index (χ0n) is 11.4. The van der Waals surface area contributed by atoms with Crippen LogP contribution >= 0.6 is 31.9 Å². The molecule has 2 aromatic rings. The van der Waals surface area contributed by atoms with Crippen molar-refractivity contribution >= 4 is 42.9 Å². The molecule has 104 valence electrons. The Morgan fingerprint density at radius 2 is 1.85 bits per heavy atom. The zero-order chi connectivity index (χ0) is 14.0. The van der Waals surface area contributed by atoms with Gasteiger partial charge >= 0.3 is 0 Å². The molecule has 0 saturated heterocycles. The number of aromatic nitrogens is 2. The van der Waals surface area contributed by atoms with Crippen molar-refractivity contribution in [1.29, 1.82) is 0 Å². The van der Waals surface area contributed by atoms with Gasteiger partial charge < -0.3 is 0 Å². The first-order valence-electron chi connectivity index (χ1n) is 7.05. The van der Waals surface area contributed by atoms with E-state index in [9.17, 15) is 0 Å². The van der Waals surface area contributed by atoms with E-state index in [-0.39, 0.29) is 10.8 Å². The summed E-state index contributed by atoms with van der Waals surface area (Å²) >= 11 is 7.55. The lowest BCUT2D eigenvalue weighted by Crippen LogP contribution is -2.40. The van der Waals surface area contributed by atoms with Gasteiger partial charge in [0.1, 0.15) is 0 Å². The molecular formula is C16H16Br2N2. The lowest BCUT2D eigenvalue weighted by Gasteiger charge is -2.38. The Kier molecular flexibility index (Phi) is 2.81. The van der Waals surface area contributed by atoms with Gasteiger partial charge in [-0.25, -0.2) is 9.97 Å². The highest BCUT2D eigenvalue weighted by Crippen LogP contribution is 2.68. The van der Waals surface area contributed by atoms with Gasteiger partial charge in [0.2, 0.25) is 0 Å². The number of hydrogen-bond donors (Lipinski definition) is 0. The van der Waals surface area contributed by atoms with Crippen LogP contribution in [0.2, 0.25) is 0 Å². The molecule has 1 saturated carbocycles. The first kappa shape index (κ1) is 13.2. The van der Waals surface area contributed by atoms with Crippen LogP contribution in [0.15, 0.2) is 24.3 Å². The minimum absolute atomic E-state index is 0.132. The monoisotopic (exact) mass is 394 g/mol. The second kappa shape index (κ2) is 4.26. The maximum absolute atomic E-state index is 5.01. The molecule has 2 aliphatic rings. The molecule has 1 aromatic heterocycles. The maximum atomic E-state index is 5.01. The number of hydrogen-bond acceptors (Lipinski definition) is 2.